The summed E-state index contributed by atoms with van der Waals surface area (Å²) in [5.74, 6) is -0.0977. The zero-order valence-corrected chi connectivity index (χ0v) is 12.0. The lowest BCUT2D eigenvalue weighted by Crippen LogP contribution is -2.24. The molecule has 0 unspecified atom stereocenters. The Bertz CT molecular complexity index is 481. The number of benzene rings is 1. The largest absolute Gasteiger partial charge is 0.375 e. The highest BCUT2D eigenvalue weighted by Gasteiger charge is 2.01. The third-order valence-electron chi connectivity index (χ3n) is 1.69. The standard InChI is InChI=1S/C10H11IN4OS.H2/c1-6(16)14-9-3-2-7(4-8(9)11)5-13-15-10(12)17;/h2-5H,1H3,(H,14,16)(H3,12,15,17);1H/b13-5+;. The van der Waals surface area contributed by atoms with Crippen molar-refractivity contribution in [3.05, 3.63) is 27.3 Å². The fourth-order valence-electron chi connectivity index (χ4n) is 1.07. The van der Waals surface area contributed by atoms with Crippen LogP contribution in [-0.2, 0) is 4.79 Å². The normalized spacial score (nSPS) is 10.2. The fraction of sp³-hybridized carbons (Fsp3) is 0.100. The number of nitrogens with one attached hydrogen (secondary N) is 2. The molecule has 1 rings (SSSR count). The van der Waals surface area contributed by atoms with Gasteiger partial charge >= 0.3 is 0 Å². The summed E-state index contributed by atoms with van der Waals surface area (Å²) in [6.07, 6.45) is 1.60. The average molecular weight is 364 g/mol. The molecule has 0 radical (unpaired) electrons. The number of nitrogens with zero attached hydrogens (tertiary/aromatic N) is 1. The van der Waals surface area contributed by atoms with Gasteiger partial charge in [-0.3, -0.25) is 10.2 Å². The van der Waals surface area contributed by atoms with Gasteiger partial charge in [0.2, 0.25) is 5.91 Å². The van der Waals surface area contributed by atoms with Crippen molar-refractivity contribution >= 4 is 57.7 Å². The quantitative estimate of drug-likeness (QED) is 0.330. The van der Waals surface area contributed by atoms with Crippen molar-refractivity contribution in [2.45, 2.75) is 6.92 Å². The smallest absolute Gasteiger partial charge is 0.221 e. The molecule has 0 saturated heterocycles. The van der Waals surface area contributed by atoms with E-state index in [0.29, 0.717) is 0 Å². The van der Waals surface area contributed by atoms with Crippen LogP contribution in [0.15, 0.2) is 23.3 Å². The van der Waals surface area contributed by atoms with E-state index in [-0.39, 0.29) is 12.4 Å². The Labute approximate surface area is 119 Å². The van der Waals surface area contributed by atoms with E-state index in [2.05, 4.69) is 50.7 Å². The number of halogens is 1. The number of nitrogens with two attached hydrogens (primary N) is 1. The summed E-state index contributed by atoms with van der Waals surface area (Å²) in [5.41, 5.74) is 9.35. The highest BCUT2D eigenvalue weighted by atomic mass is 127. The van der Waals surface area contributed by atoms with E-state index in [1.54, 1.807) is 6.21 Å². The van der Waals surface area contributed by atoms with Crippen LogP contribution < -0.4 is 16.5 Å². The summed E-state index contributed by atoms with van der Waals surface area (Å²) in [4.78, 5) is 10.9. The van der Waals surface area contributed by atoms with Crippen LogP contribution in [0, 0.1) is 3.57 Å². The monoisotopic (exact) mass is 364 g/mol. The SMILES string of the molecule is CC(=O)Nc1ccc(/C=N/NC(N)=S)cc1I.[HH]. The molecular formula is C10H13IN4OS. The fourth-order valence-corrected chi connectivity index (χ4v) is 1.80. The number of anilines is 1. The van der Waals surface area contributed by atoms with E-state index in [0.717, 1.165) is 14.8 Å². The molecule has 0 fully saturated rings. The summed E-state index contributed by atoms with van der Waals surface area (Å²) in [7, 11) is 0. The summed E-state index contributed by atoms with van der Waals surface area (Å²) < 4.78 is 0.928. The highest BCUT2D eigenvalue weighted by Crippen LogP contribution is 2.18. The van der Waals surface area contributed by atoms with Crippen molar-refractivity contribution in [1.82, 2.24) is 5.43 Å². The molecule has 0 spiro atoms. The van der Waals surface area contributed by atoms with Crippen molar-refractivity contribution in [1.29, 1.82) is 0 Å². The van der Waals surface area contributed by atoms with E-state index in [1.165, 1.54) is 6.92 Å². The lowest BCUT2D eigenvalue weighted by atomic mass is 10.2. The van der Waals surface area contributed by atoms with Gasteiger partial charge in [-0.2, -0.15) is 5.10 Å². The Morgan fingerprint density at radius 2 is 2.35 bits per heavy atom. The highest BCUT2D eigenvalue weighted by molar-refractivity contribution is 14.1. The third-order valence-corrected chi connectivity index (χ3v) is 2.68. The van der Waals surface area contributed by atoms with Crippen LogP contribution >= 0.6 is 34.8 Å². The minimum atomic E-state index is -0.0977. The van der Waals surface area contributed by atoms with Crippen LogP contribution in [0.4, 0.5) is 5.69 Å². The molecule has 17 heavy (non-hydrogen) atoms. The summed E-state index contributed by atoms with van der Waals surface area (Å²) in [5, 5.41) is 6.68. The Morgan fingerprint density at radius 1 is 1.65 bits per heavy atom. The van der Waals surface area contributed by atoms with E-state index in [1.807, 2.05) is 18.2 Å². The van der Waals surface area contributed by atoms with Gasteiger partial charge < -0.3 is 11.1 Å². The van der Waals surface area contributed by atoms with Crippen LogP contribution in [0.3, 0.4) is 0 Å². The molecule has 0 aliphatic carbocycles. The molecular weight excluding hydrogens is 351 g/mol. The number of rotatable bonds is 3. The zero-order valence-electron chi connectivity index (χ0n) is 9.03. The Morgan fingerprint density at radius 3 is 2.88 bits per heavy atom. The van der Waals surface area contributed by atoms with Crippen molar-refractivity contribution in [3.63, 3.8) is 0 Å². The molecule has 92 valence electrons. The van der Waals surface area contributed by atoms with Crippen molar-refractivity contribution in [3.8, 4) is 0 Å². The third kappa shape index (κ3) is 5.09. The summed E-state index contributed by atoms with van der Waals surface area (Å²) >= 11 is 6.75. The maximum absolute atomic E-state index is 10.9. The minimum absolute atomic E-state index is 0. The number of amides is 1. The van der Waals surface area contributed by atoms with Crippen LogP contribution in [0.5, 0.6) is 0 Å². The van der Waals surface area contributed by atoms with Gasteiger partial charge in [-0.1, -0.05) is 6.07 Å². The molecule has 7 heteroatoms. The van der Waals surface area contributed by atoms with Gasteiger partial charge in [-0.25, -0.2) is 0 Å². The second kappa shape index (κ2) is 6.50. The molecule has 1 aromatic rings. The first-order valence-corrected chi connectivity index (χ1v) is 6.13. The van der Waals surface area contributed by atoms with Gasteiger partial charge in [-0.15, -0.1) is 0 Å². The number of carbonyl (C=O) groups is 1. The first-order chi connectivity index (χ1) is 7.99. The molecule has 0 heterocycles. The van der Waals surface area contributed by atoms with Gasteiger partial charge in [-0.05, 0) is 52.5 Å². The molecule has 1 aromatic carbocycles. The van der Waals surface area contributed by atoms with E-state index in [4.69, 9.17) is 5.73 Å². The maximum Gasteiger partial charge on any atom is 0.221 e. The molecule has 0 bridgehead atoms. The first-order valence-electron chi connectivity index (χ1n) is 4.64. The van der Waals surface area contributed by atoms with Gasteiger partial charge in [0.05, 0.1) is 11.9 Å². The Kier molecular flexibility index (Phi) is 5.29. The number of thiocarbonyl (C=S) groups is 1. The van der Waals surface area contributed by atoms with Gasteiger partial charge in [0, 0.05) is 11.9 Å². The van der Waals surface area contributed by atoms with E-state index >= 15 is 0 Å². The van der Waals surface area contributed by atoms with E-state index in [9.17, 15) is 4.79 Å². The van der Waals surface area contributed by atoms with Crippen molar-refractivity contribution in [2.75, 3.05) is 5.32 Å². The molecule has 0 saturated carbocycles. The van der Waals surface area contributed by atoms with E-state index < -0.39 is 0 Å². The number of hydrogen-bond acceptors (Lipinski definition) is 3. The average Bonchev–Trinajstić information content (AvgIpc) is 2.21. The summed E-state index contributed by atoms with van der Waals surface area (Å²) in [6, 6.07) is 5.53. The molecule has 0 aromatic heterocycles. The Hall–Kier alpha value is -1.22. The van der Waals surface area contributed by atoms with Crippen LogP contribution in [-0.4, -0.2) is 17.2 Å². The predicted molar refractivity (Wildman–Crippen MR) is 83.1 cm³/mol. The maximum atomic E-state index is 10.9. The second-order valence-electron chi connectivity index (χ2n) is 3.15. The Balaban J connectivity index is 0.00000289. The number of hydrazone groups is 1. The number of carbonyl (C=O) groups excluding carboxylic acids is 1. The molecule has 4 N–H and O–H groups in total. The van der Waals surface area contributed by atoms with Gasteiger partial charge in [0.25, 0.3) is 0 Å². The predicted octanol–water partition coefficient (Wildman–Crippen LogP) is 1.66. The van der Waals surface area contributed by atoms with Gasteiger partial charge in [0.1, 0.15) is 0 Å². The van der Waals surface area contributed by atoms with Crippen molar-refractivity contribution < 1.29 is 6.22 Å². The van der Waals surface area contributed by atoms with Crippen molar-refractivity contribution in [2.24, 2.45) is 10.8 Å². The minimum Gasteiger partial charge on any atom is -0.375 e. The van der Waals surface area contributed by atoms with Crippen LogP contribution in [0.2, 0.25) is 0 Å². The van der Waals surface area contributed by atoms with Crippen LogP contribution in [0.1, 0.15) is 13.9 Å². The molecule has 5 nitrogen and oxygen atoms in total. The van der Waals surface area contributed by atoms with Gasteiger partial charge in [0.15, 0.2) is 5.11 Å². The molecule has 0 atom stereocenters. The lowest BCUT2D eigenvalue weighted by molar-refractivity contribution is -0.114. The molecule has 0 aliphatic heterocycles. The molecule has 0 aliphatic rings. The first kappa shape index (κ1) is 13.8. The number of hydrogen-bond donors (Lipinski definition) is 3. The van der Waals surface area contributed by atoms with Crippen LogP contribution in [0.25, 0.3) is 0 Å². The lowest BCUT2D eigenvalue weighted by Gasteiger charge is -2.05. The molecule has 1 amide bonds. The summed E-state index contributed by atoms with van der Waals surface area (Å²) in [6.45, 7) is 1.47. The topological polar surface area (TPSA) is 79.5 Å². The zero-order chi connectivity index (χ0) is 12.8. The second-order valence-corrected chi connectivity index (χ2v) is 4.76.